The molecular formula is C15H28N2O3. The van der Waals surface area contributed by atoms with Crippen LogP contribution in [0.25, 0.3) is 0 Å². The molecule has 0 spiro atoms. The minimum Gasteiger partial charge on any atom is -0.444 e. The monoisotopic (exact) mass is 284 g/mol. The Hall–Kier alpha value is -0.810. The smallest absolute Gasteiger partial charge is 0.407 e. The molecule has 2 aliphatic rings. The van der Waals surface area contributed by atoms with Crippen molar-refractivity contribution in [2.24, 2.45) is 0 Å². The third-order valence-corrected chi connectivity index (χ3v) is 3.92. The Kier molecular flexibility index (Phi) is 4.59. The summed E-state index contributed by atoms with van der Waals surface area (Å²) in [5.41, 5.74) is -0.427. The second-order valence-corrected chi connectivity index (χ2v) is 7.29. The number of ether oxygens (including phenoxy) is 2. The van der Waals surface area contributed by atoms with Gasteiger partial charge in [0.25, 0.3) is 0 Å². The number of carbonyl (C=O) groups is 1. The van der Waals surface area contributed by atoms with E-state index in [4.69, 9.17) is 9.47 Å². The molecule has 1 atom stereocenters. The molecule has 2 N–H and O–H groups in total. The topological polar surface area (TPSA) is 59.6 Å². The summed E-state index contributed by atoms with van der Waals surface area (Å²) in [7, 11) is 0. The summed E-state index contributed by atoms with van der Waals surface area (Å²) in [5.74, 6) is 0. The van der Waals surface area contributed by atoms with Crippen molar-refractivity contribution in [3.63, 3.8) is 0 Å². The maximum absolute atomic E-state index is 11.6. The van der Waals surface area contributed by atoms with Crippen LogP contribution in [0.15, 0.2) is 0 Å². The Morgan fingerprint density at radius 3 is 2.60 bits per heavy atom. The van der Waals surface area contributed by atoms with Gasteiger partial charge in [0.05, 0.1) is 5.60 Å². The highest BCUT2D eigenvalue weighted by molar-refractivity contribution is 5.68. The molecule has 1 amide bonds. The van der Waals surface area contributed by atoms with Crippen LogP contribution in [0.3, 0.4) is 0 Å². The SMILES string of the molecule is CC(C)(C)OC(=O)NC1CC(NCC2(C)CCCO2)C1. The van der Waals surface area contributed by atoms with Crippen LogP contribution in [0, 0.1) is 0 Å². The van der Waals surface area contributed by atoms with E-state index < -0.39 is 5.60 Å². The van der Waals surface area contributed by atoms with E-state index in [9.17, 15) is 4.79 Å². The molecule has 1 aliphatic carbocycles. The minimum absolute atomic E-state index is 0.00365. The summed E-state index contributed by atoms with van der Waals surface area (Å²) >= 11 is 0. The largest absolute Gasteiger partial charge is 0.444 e. The summed E-state index contributed by atoms with van der Waals surface area (Å²) in [6, 6.07) is 0.718. The number of rotatable bonds is 4. The highest BCUT2D eigenvalue weighted by atomic mass is 16.6. The fraction of sp³-hybridized carbons (Fsp3) is 0.933. The van der Waals surface area contributed by atoms with Gasteiger partial charge in [0.1, 0.15) is 5.60 Å². The number of amides is 1. The molecule has 2 fully saturated rings. The van der Waals surface area contributed by atoms with Gasteiger partial charge in [-0.3, -0.25) is 0 Å². The summed E-state index contributed by atoms with van der Waals surface area (Å²) in [6.45, 7) is 9.57. The van der Waals surface area contributed by atoms with Crippen molar-refractivity contribution in [2.45, 2.75) is 76.7 Å². The van der Waals surface area contributed by atoms with Gasteiger partial charge in [-0.05, 0) is 53.4 Å². The van der Waals surface area contributed by atoms with Crippen molar-refractivity contribution in [1.82, 2.24) is 10.6 Å². The molecule has 0 radical (unpaired) electrons. The fourth-order valence-electron chi connectivity index (χ4n) is 2.71. The average molecular weight is 284 g/mol. The second-order valence-electron chi connectivity index (χ2n) is 7.29. The molecule has 1 unspecified atom stereocenters. The highest BCUT2D eigenvalue weighted by Crippen LogP contribution is 2.26. The van der Waals surface area contributed by atoms with Crippen LogP contribution in [-0.4, -0.2) is 42.5 Å². The van der Waals surface area contributed by atoms with Crippen molar-refractivity contribution < 1.29 is 14.3 Å². The van der Waals surface area contributed by atoms with Gasteiger partial charge in [0, 0.05) is 25.2 Å². The molecule has 0 aromatic rings. The van der Waals surface area contributed by atoms with Crippen molar-refractivity contribution in [3.8, 4) is 0 Å². The third-order valence-electron chi connectivity index (χ3n) is 3.92. The summed E-state index contributed by atoms with van der Waals surface area (Å²) < 4.78 is 11.0. The molecule has 1 aliphatic heterocycles. The zero-order valence-electron chi connectivity index (χ0n) is 13.1. The Morgan fingerprint density at radius 1 is 1.35 bits per heavy atom. The summed E-state index contributed by atoms with van der Waals surface area (Å²) in [6.07, 6.45) is 3.91. The quantitative estimate of drug-likeness (QED) is 0.831. The maximum Gasteiger partial charge on any atom is 0.407 e. The lowest BCUT2D eigenvalue weighted by Crippen LogP contribution is -2.55. The molecule has 0 aromatic heterocycles. The third kappa shape index (κ3) is 4.63. The van der Waals surface area contributed by atoms with E-state index >= 15 is 0 Å². The molecule has 1 saturated heterocycles. The molecule has 20 heavy (non-hydrogen) atoms. The lowest BCUT2D eigenvalue weighted by molar-refractivity contribution is 0.0143. The summed E-state index contributed by atoms with van der Waals surface area (Å²) in [4.78, 5) is 11.6. The van der Waals surface area contributed by atoms with E-state index in [2.05, 4.69) is 17.6 Å². The van der Waals surface area contributed by atoms with Gasteiger partial charge in [-0.15, -0.1) is 0 Å². The number of nitrogens with one attached hydrogen (secondary N) is 2. The first-order chi connectivity index (χ1) is 9.26. The standard InChI is InChI=1S/C15H28N2O3/c1-14(2,3)20-13(18)17-12-8-11(9-12)16-10-15(4)6-5-7-19-15/h11-12,16H,5-10H2,1-4H3,(H,17,18). The Labute approximate surface area is 121 Å². The van der Waals surface area contributed by atoms with Crippen LogP contribution < -0.4 is 10.6 Å². The van der Waals surface area contributed by atoms with Crippen LogP contribution in [-0.2, 0) is 9.47 Å². The van der Waals surface area contributed by atoms with E-state index in [1.165, 1.54) is 0 Å². The first-order valence-corrected chi connectivity index (χ1v) is 7.63. The zero-order valence-corrected chi connectivity index (χ0v) is 13.1. The molecule has 1 heterocycles. The Bertz CT molecular complexity index is 340. The number of carbonyl (C=O) groups excluding carboxylic acids is 1. The lowest BCUT2D eigenvalue weighted by Gasteiger charge is -2.38. The molecule has 1 saturated carbocycles. The molecule has 0 bridgehead atoms. The molecule has 116 valence electrons. The van der Waals surface area contributed by atoms with Gasteiger partial charge >= 0.3 is 6.09 Å². The van der Waals surface area contributed by atoms with Gasteiger partial charge in [0.15, 0.2) is 0 Å². The predicted molar refractivity (Wildman–Crippen MR) is 77.8 cm³/mol. The van der Waals surface area contributed by atoms with Gasteiger partial charge in [-0.25, -0.2) is 4.79 Å². The second kappa shape index (κ2) is 5.90. The highest BCUT2D eigenvalue weighted by Gasteiger charge is 2.35. The number of alkyl carbamates (subject to hydrolysis) is 1. The van der Waals surface area contributed by atoms with Gasteiger partial charge in [0.2, 0.25) is 0 Å². The van der Waals surface area contributed by atoms with E-state index in [-0.39, 0.29) is 17.7 Å². The normalized spacial score (nSPS) is 33.6. The van der Waals surface area contributed by atoms with Gasteiger partial charge in [-0.1, -0.05) is 0 Å². The fourth-order valence-corrected chi connectivity index (χ4v) is 2.71. The predicted octanol–water partition coefficient (Wildman–Crippen LogP) is 2.20. The van der Waals surface area contributed by atoms with Gasteiger partial charge in [-0.2, -0.15) is 0 Å². The van der Waals surface area contributed by atoms with E-state index in [1.54, 1.807) is 0 Å². The van der Waals surface area contributed by atoms with Crippen LogP contribution in [0.5, 0.6) is 0 Å². The maximum atomic E-state index is 11.6. The molecule has 5 heteroatoms. The van der Waals surface area contributed by atoms with Gasteiger partial charge < -0.3 is 20.1 Å². The molecule has 2 rings (SSSR count). The molecule has 5 nitrogen and oxygen atoms in total. The van der Waals surface area contributed by atoms with E-state index in [0.29, 0.717) is 6.04 Å². The molecular weight excluding hydrogens is 256 g/mol. The van der Waals surface area contributed by atoms with Crippen LogP contribution in [0.2, 0.25) is 0 Å². The van der Waals surface area contributed by atoms with Crippen LogP contribution in [0.4, 0.5) is 4.79 Å². The van der Waals surface area contributed by atoms with Crippen molar-refractivity contribution in [3.05, 3.63) is 0 Å². The minimum atomic E-state index is -0.431. The first kappa shape index (κ1) is 15.6. The van der Waals surface area contributed by atoms with Crippen LogP contribution >= 0.6 is 0 Å². The Morgan fingerprint density at radius 2 is 2.05 bits per heavy atom. The summed E-state index contributed by atoms with van der Waals surface area (Å²) in [5, 5.41) is 6.44. The molecule has 0 aromatic carbocycles. The zero-order chi connectivity index (χ0) is 14.8. The lowest BCUT2D eigenvalue weighted by atomic mass is 9.86. The van der Waals surface area contributed by atoms with E-state index in [1.807, 2.05) is 20.8 Å². The Balaban J connectivity index is 1.59. The van der Waals surface area contributed by atoms with Crippen molar-refractivity contribution in [2.75, 3.05) is 13.2 Å². The van der Waals surface area contributed by atoms with Crippen LogP contribution in [0.1, 0.15) is 53.4 Å². The van der Waals surface area contributed by atoms with Crippen molar-refractivity contribution in [1.29, 1.82) is 0 Å². The van der Waals surface area contributed by atoms with E-state index in [0.717, 1.165) is 38.8 Å². The average Bonchev–Trinajstić information content (AvgIpc) is 2.66. The van der Waals surface area contributed by atoms with Crippen molar-refractivity contribution >= 4 is 6.09 Å². The number of hydrogen-bond donors (Lipinski definition) is 2. The first-order valence-electron chi connectivity index (χ1n) is 7.63. The number of hydrogen-bond acceptors (Lipinski definition) is 4.